The highest BCUT2D eigenvalue weighted by Crippen LogP contribution is 2.27. The third kappa shape index (κ3) is 5.02. The van der Waals surface area contributed by atoms with Crippen molar-refractivity contribution in [1.29, 1.82) is 0 Å². The fraction of sp³-hybridized carbons (Fsp3) is 0.350. The Bertz CT molecular complexity index is 925. The summed E-state index contributed by atoms with van der Waals surface area (Å²) in [6, 6.07) is 11.8. The number of aromatic nitrogens is 4. The number of aryl methyl sites for hydroxylation is 3. The van der Waals surface area contributed by atoms with Crippen molar-refractivity contribution in [3.63, 3.8) is 0 Å². The summed E-state index contributed by atoms with van der Waals surface area (Å²) >= 11 is 1.36. The molecule has 0 aliphatic carbocycles. The highest BCUT2D eigenvalue weighted by molar-refractivity contribution is 7.99. The van der Waals surface area contributed by atoms with Crippen molar-refractivity contribution < 1.29 is 14.6 Å². The second kappa shape index (κ2) is 9.07. The molecule has 28 heavy (non-hydrogen) atoms. The van der Waals surface area contributed by atoms with Gasteiger partial charge in [-0.25, -0.2) is 0 Å². The van der Waals surface area contributed by atoms with Gasteiger partial charge in [-0.3, -0.25) is 0 Å². The molecular formula is C20H24N4O3S. The Balaban J connectivity index is 1.63. The minimum atomic E-state index is -0.657. The van der Waals surface area contributed by atoms with Crippen molar-refractivity contribution in [2.45, 2.75) is 32.0 Å². The van der Waals surface area contributed by atoms with Crippen LogP contribution in [0.3, 0.4) is 0 Å². The fourth-order valence-electron chi connectivity index (χ4n) is 2.81. The van der Waals surface area contributed by atoms with E-state index < -0.39 is 6.10 Å². The molecule has 0 radical (unpaired) electrons. The van der Waals surface area contributed by atoms with Crippen LogP contribution < -0.4 is 9.47 Å². The van der Waals surface area contributed by atoms with E-state index in [4.69, 9.17) is 9.47 Å². The van der Waals surface area contributed by atoms with Gasteiger partial charge in [-0.05, 0) is 72.2 Å². The summed E-state index contributed by atoms with van der Waals surface area (Å²) < 4.78 is 12.8. The third-order valence-corrected chi connectivity index (χ3v) is 5.11. The lowest BCUT2D eigenvalue weighted by Crippen LogP contribution is -2.20. The lowest BCUT2D eigenvalue weighted by molar-refractivity contribution is 0.126. The van der Waals surface area contributed by atoms with Gasteiger partial charge in [0.1, 0.15) is 23.8 Å². The number of tetrazole rings is 1. The predicted molar refractivity (Wildman–Crippen MR) is 109 cm³/mol. The SMILES string of the molecule is COc1ccc(C)cc1-n1nnnc1SC[C@@H](O)COc1cc(C)cc(C)c1. The zero-order chi connectivity index (χ0) is 20.1. The molecule has 0 aliphatic rings. The molecule has 0 spiro atoms. The zero-order valence-electron chi connectivity index (χ0n) is 16.4. The fourth-order valence-corrected chi connectivity index (χ4v) is 3.60. The van der Waals surface area contributed by atoms with Crippen molar-refractivity contribution in [3.8, 4) is 17.2 Å². The van der Waals surface area contributed by atoms with Gasteiger partial charge < -0.3 is 14.6 Å². The minimum Gasteiger partial charge on any atom is -0.494 e. The van der Waals surface area contributed by atoms with Crippen LogP contribution in [0, 0.1) is 20.8 Å². The molecule has 1 heterocycles. The van der Waals surface area contributed by atoms with Crippen molar-refractivity contribution in [2.24, 2.45) is 0 Å². The van der Waals surface area contributed by atoms with Crippen molar-refractivity contribution in [2.75, 3.05) is 19.5 Å². The average molecular weight is 401 g/mol. The number of hydrogen-bond donors (Lipinski definition) is 1. The van der Waals surface area contributed by atoms with E-state index in [0.29, 0.717) is 16.7 Å². The Morgan fingerprint density at radius 2 is 1.82 bits per heavy atom. The van der Waals surface area contributed by atoms with E-state index >= 15 is 0 Å². The molecule has 0 aliphatic heterocycles. The lowest BCUT2D eigenvalue weighted by atomic mass is 10.1. The molecule has 7 nitrogen and oxygen atoms in total. The molecule has 0 fully saturated rings. The first-order valence-electron chi connectivity index (χ1n) is 8.91. The minimum absolute atomic E-state index is 0.200. The molecule has 3 aromatic rings. The quantitative estimate of drug-likeness (QED) is 0.582. The predicted octanol–water partition coefficient (Wildman–Crippen LogP) is 3.13. The number of ether oxygens (including phenoxy) is 2. The third-order valence-electron chi connectivity index (χ3n) is 4.05. The van der Waals surface area contributed by atoms with Crippen LogP contribution in [0.15, 0.2) is 41.6 Å². The van der Waals surface area contributed by atoms with Crippen LogP contribution in [0.1, 0.15) is 16.7 Å². The zero-order valence-corrected chi connectivity index (χ0v) is 17.2. The summed E-state index contributed by atoms with van der Waals surface area (Å²) in [6.07, 6.45) is -0.657. The molecule has 1 atom stereocenters. The van der Waals surface area contributed by atoms with Crippen LogP contribution in [0.5, 0.6) is 11.5 Å². The number of aliphatic hydroxyl groups excluding tert-OH is 1. The van der Waals surface area contributed by atoms with Gasteiger partial charge >= 0.3 is 0 Å². The number of nitrogens with zero attached hydrogens (tertiary/aromatic N) is 4. The van der Waals surface area contributed by atoms with Crippen molar-refractivity contribution in [3.05, 3.63) is 53.1 Å². The second-order valence-corrected chi connectivity index (χ2v) is 7.63. The molecule has 3 rings (SSSR count). The summed E-state index contributed by atoms with van der Waals surface area (Å²) in [5, 5.41) is 22.8. The Hall–Kier alpha value is -2.58. The van der Waals surface area contributed by atoms with Crippen molar-refractivity contribution >= 4 is 11.8 Å². The van der Waals surface area contributed by atoms with Gasteiger partial charge in [-0.1, -0.05) is 23.9 Å². The van der Waals surface area contributed by atoms with Crippen LogP contribution in [0.2, 0.25) is 0 Å². The van der Waals surface area contributed by atoms with E-state index in [1.165, 1.54) is 11.8 Å². The van der Waals surface area contributed by atoms with Crippen LogP contribution in [0.25, 0.3) is 5.69 Å². The number of rotatable bonds is 8. The first kappa shape index (κ1) is 20.2. The van der Waals surface area contributed by atoms with E-state index in [9.17, 15) is 5.11 Å². The molecule has 0 saturated carbocycles. The van der Waals surface area contributed by atoms with Gasteiger partial charge in [0.15, 0.2) is 0 Å². The summed E-state index contributed by atoms with van der Waals surface area (Å²) in [7, 11) is 1.61. The molecule has 0 unspecified atom stereocenters. The Kier molecular flexibility index (Phi) is 6.53. The monoisotopic (exact) mass is 400 g/mol. The van der Waals surface area contributed by atoms with E-state index in [1.807, 2.05) is 51.1 Å². The maximum atomic E-state index is 10.3. The molecule has 148 valence electrons. The highest BCUT2D eigenvalue weighted by Gasteiger charge is 2.16. The highest BCUT2D eigenvalue weighted by atomic mass is 32.2. The average Bonchev–Trinajstić information content (AvgIpc) is 3.12. The van der Waals surface area contributed by atoms with Crippen LogP contribution in [-0.2, 0) is 0 Å². The van der Waals surface area contributed by atoms with E-state index in [-0.39, 0.29) is 6.61 Å². The molecule has 2 aromatic carbocycles. The molecule has 0 amide bonds. The maximum absolute atomic E-state index is 10.3. The Labute approximate surface area is 168 Å². The van der Waals surface area contributed by atoms with Gasteiger partial charge in [-0.2, -0.15) is 4.68 Å². The summed E-state index contributed by atoms with van der Waals surface area (Å²) in [6.45, 7) is 6.23. The first-order chi connectivity index (χ1) is 13.5. The summed E-state index contributed by atoms with van der Waals surface area (Å²) in [5.41, 5.74) is 4.09. The molecular weight excluding hydrogens is 376 g/mol. The van der Waals surface area contributed by atoms with E-state index in [2.05, 4.69) is 21.6 Å². The van der Waals surface area contributed by atoms with E-state index in [1.54, 1.807) is 11.8 Å². The number of hydrogen-bond acceptors (Lipinski definition) is 7. The molecule has 0 bridgehead atoms. The normalized spacial score (nSPS) is 12.0. The van der Waals surface area contributed by atoms with Gasteiger partial charge in [0.05, 0.1) is 13.2 Å². The molecule has 1 aromatic heterocycles. The Morgan fingerprint density at radius 1 is 1.07 bits per heavy atom. The molecule has 0 saturated heterocycles. The van der Waals surface area contributed by atoms with Gasteiger partial charge in [0.25, 0.3) is 0 Å². The van der Waals surface area contributed by atoms with Gasteiger partial charge in [0.2, 0.25) is 5.16 Å². The number of benzene rings is 2. The molecule has 1 N–H and O–H groups in total. The van der Waals surface area contributed by atoms with E-state index in [0.717, 1.165) is 28.1 Å². The Morgan fingerprint density at radius 3 is 2.54 bits per heavy atom. The first-order valence-corrected chi connectivity index (χ1v) is 9.90. The second-order valence-electron chi connectivity index (χ2n) is 6.65. The van der Waals surface area contributed by atoms with Crippen molar-refractivity contribution in [1.82, 2.24) is 20.2 Å². The van der Waals surface area contributed by atoms with Crippen LogP contribution >= 0.6 is 11.8 Å². The van der Waals surface area contributed by atoms with Gasteiger partial charge in [-0.15, -0.1) is 5.10 Å². The van der Waals surface area contributed by atoms with Crippen LogP contribution in [0.4, 0.5) is 0 Å². The molecule has 8 heteroatoms. The standard InChI is InChI=1S/C20H24N4O3S/c1-13-5-6-19(26-4)18(10-13)24-20(21-22-23-24)28-12-16(25)11-27-17-8-14(2)7-15(3)9-17/h5-10,16,25H,11-12H2,1-4H3/t16-/m0/s1. The number of aliphatic hydroxyl groups is 1. The maximum Gasteiger partial charge on any atom is 0.214 e. The van der Waals surface area contributed by atoms with Crippen LogP contribution in [-0.4, -0.2) is 50.9 Å². The largest absolute Gasteiger partial charge is 0.494 e. The van der Waals surface area contributed by atoms with Gasteiger partial charge in [0, 0.05) is 5.75 Å². The smallest absolute Gasteiger partial charge is 0.214 e. The lowest BCUT2D eigenvalue weighted by Gasteiger charge is -2.13. The summed E-state index contributed by atoms with van der Waals surface area (Å²) in [5.74, 6) is 1.84. The number of methoxy groups -OCH3 is 1. The summed E-state index contributed by atoms with van der Waals surface area (Å²) in [4.78, 5) is 0. The topological polar surface area (TPSA) is 82.3 Å². The number of thioether (sulfide) groups is 1.